The van der Waals surface area contributed by atoms with Crippen molar-refractivity contribution in [1.29, 1.82) is 0 Å². The fraction of sp³-hybridized carbons (Fsp3) is 0.316. The maximum atomic E-state index is 13.9. The third-order valence-electron chi connectivity index (χ3n) is 4.80. The maximum absolute atomic E-state index is 13.9. The third kappa shape index (κ3) is 3.63. The highest BCUT2D eigenvalue weighted by atomic mass is 19.4. The molecule has 30 heavy (non-hydrogen) atoms. The lowest BCUT2D eigenvalue weighted by Crippen LogP contribution is -2.72. The van der Waals surface area contributed by atoms with Crippen molar-refractivity contribution in [3.63, 3.8) is 0 Å². The van der Waals surface area contributed by atoms with E-state index < -0.39 is 35.7 Å². The van der Waals surface area contributed by atoms with Crippen LogP contribution in [0.4, 0.5) is 18.0 Å². The summed E-state index contributed by atoms with van der Waals surface area (Å²) in [5.41, 5.74) is -3.87. The van der Waals surface area contributed by atoms with Crippen LogP contribution in [-0.4, -0.2) is 48.0 Å². The lowest BCUT2D eigenvalue weighted by atomic mass is 9.77. The highest BCUT2D eigenvalue weighted by molar-refractivity contribution is 6.00. The molecule has 3 atom stereocenters. The van der Waals surface area contributed by atoms with Gasteiger partial charge in [-0.2, -0.15) is 13.2 Å². The number of amides is 2. The van der Waals surface area contributed by atoms with Gasteiger partial charge in [0.15, 0.2) is 17.3 Å². The number of alkyl halides is 3. The first-order valence-corrected chi connectivity index (χ1v) is 8.66. The summed E-state index contributed by atoms with van der Waals surface area (Å²) >= 11 is 0. The minimum Gasteiger partial charge on any atom is -0.493 e. The molecule has 3 N–H and O–H groups in total. The van der Waals surface area contributed by atoms with Crippen molar-refractivity contribution in [2.45, 2.75) is 17.9 Å². The second kappa shape index (κ2) is 7.82. The van der Waals surface area contributed by atoms with Gasteiger partial charge in [-0.3, -0.25) is 9.78 Å². The molecule has 2 aromatic rings. The first-order chi connectivity index (χ1) is 14.1. The fourth-order valence-corrected chi connectivity index (χ4v) is 3.35. The van der Waals surface area contributed by atoms with Crippen molar-refractivity contribution in [2.24, 2.45) is 5.92 Å². The van der Waals surface area contributed by atoms with Crippen molar-refractivity contribution < 1.29 is 37.3 Å². The van der Waals surface area contributed by atoms with Crippen LogP contribution in [0.1, 0.15) is 22.0 Å². The molecule has 0 unspecified atom stereocenters. The first kappa shape index (κ1) is 21.4. The van der Waals surface area contributed by atoms with E-state index in [2.05, 4.69) is 10.3 Å². The van der Waals surface area contributed by atoms with Gasteiger partial charge in [0.2, 0.25) is 5.72 Å². The Bertz CT molecular complexity index is 954. The van der Waals surface area contributed by atoms with E-state index in [0.29, 0.717) is 5.75 Å². The van der Waals surface area contributed by atoms with E-state index in [1.165, 1.54) is 56.1 Å². The number of ketones is 1. The standard InChI is InChI=1S/C19H18F3N3O5/c1-29-12-6-5-10(8-13(12)30-2)15-14(16(26)11-4-3-7-23-9-11)18(28,19(20,21)22)25-17(27)24-15/h3-9,14-15,28H,1-2H3,(H2,24,25,27)/t14-,15+,18+/m0/s1. The maximum Gasteiger partial charge on any atom is 0.437 e. The number of halogens is 3. The van der Waals surface area contributed by atoms with Gasteiger partial charge in [0.25, 0.3) is 0 Å². The largest absolute Gasteiger partial charge is 0.493 e. The smallest absolute Gasteiger partial charge is 0.437 e. The second-order valence-electron chi connectivity index (χ2n) is 6.54. The molecule has 1 aliphatic heterocycles. The van der Waals surface area contributed by atoms with E-state index in [9.17, 15) is 27.9 Å². The average molecular weight is 425 g/mol. The molecular formula is C19H18F3N3O5. The van der Waals surface area contributed by atoms with E-state index in [1.54, 1.807) is 0 Å². The number of carbonyl (C=O) groups excluding carboxylic acids is 2. The molecule has 1 aromatic carbocycles. The van der Waals surface area contributed by atoms with Gasteiger partial charge >= 0.3 is 12.2 Å². The molecule has 1 aromatic heterocycles. The lowest BCUT2D eigenvalue weighted by Gasteiger charge is -2.45. The first-order valence-electron chi connectivity index (χ1n) is 8.66. The molecule has 8 nitrogen and oxygen atoms in total. The molecule has 0 spiro atoms. The van der Waals surface area contributed by atoms with Gasteiger partial charge in [0, 0.05) is 18.0 Å². The Morgan fingerprint density at radius 3 is 2.47 bits per heavy atom. The van der Waals surface area contributed by atoms with E-state index in [1.807, 2.05) is 0 Å². The van der Waals surface area contributed by atoms with Crippen molar-refractivity contribution >= 4 is 11.8 Å². The summed E-state index contributed by atoms with van der Waals surface area (Å²) in [6.45, 7) is 0. The number of Topliss-reactive ketones (excluding diaryl/α,β-unsaturated/α-hetero) is 1. The quantitative estimate of drug-likeness (QED) is 0.634. The van der Waals surface area contributed by atoms with Gasteiger partial charge < -0.3 is 25.2 Å². The summed E-state index contributed by atoms with van der Waals surface area (Å²) in [6, 6.07) is 3.95. The number of hydrogen-bond donors (Lipinski definition) is 3. The molecule has 0 bridgehead atoms. The van der Waals surface area contributed by atoms with E-state index in [-0.39, 0.29) is 16.9 Å². The molecule has 1 aliphatic rings. The monoisotopic (exact) mass is 425 g/mol. The Morgan fingerprint density at radius 2 is 1.90 bits per heavy atom. The third-order valence-corrected chi connectivity index (χ3v) is 4.80. The average Bonchev–Trinajstić information content (AvgIpc) is 2.72. The number of aromatic nitrogens is 1. The number of methoxy groups -OCH3 is 2. The van der Waals surface area contributed by atoms with Crippen LogP contribution in [0.5, 0.6) is 11.5 Å². The topological polar surface area (TPSA) is 110 Å². The number of nitrogens with one attached hydrogen (secondary N) is 2. The summed E-state index contributed by atoms with van der Waals surface area (Å²) in [5.74, 6) is -2.75. The summed E-state index contributed by atoms with van der Waals surface area (Å²) in [4.78, 5) is 28.9. The number of aliphatic hydroxyl groups is 1. The zero-order valence-electron chi connectivity index (χ0n) is 15.9. The molecule has 11 heteroatoms. The number of pyridine rings is 1. The SMILES string of the molecule is COc1ccc([C@H]2NC(=O)N[C@](O)(C(F)(F)F)[C@@H]2C(=O)c2cccnc2)cc1OC. The van der Waals surface area contributed by atoms with Crippen molar-refractivity contribution in [3.8, 4) is 11.5 Å². The van der Waals surface area contributed by atoms with Crippen LogP contribution in [0.2, 0.25) is 0 Å². The highest BCUT2D eigenvalue weighted by Crippen LogP contribution is 2.45. The van der Waals surface area contributed by atoms with E-state index in [0.717, 1.165) is 6.20 Å². The zero-order valence-corrected chi connectivity index (χ0v) is 15.9. The van der Waals surface area contributed by atoms with Crippen LogP contribution in [-0.2, 0) is 0 Å². The number of benzene rings is 1. The molecule has 0 aliphatic carbocycles. The molecular weight excluding hydrogens is 407 g/mol. The Hall–Kier alpha value is -3.34. The highest BCUT2D eigenvalue weighted by Gasteiger charge is 2.66. The van der Waals surface area contributed by atoms with Gasteiger partial charge in [-0.1, -0.05) is 6.07 Å². The van der Waals surface area contributed by atoms with Crippen molar-refractivity contribution in [3.05, 3.63) is 53.9 Å². The number of carbonyl (C=O) groups is 2. The van der Waals surface area contributed by atoms with E-state index in [4.69, 9.17) is 9.47 Å². The predicted octanol–water partition coefficient (Wildman–Crippen LogP) is 2.20. The number of rotatable bonds is 5. The Kier molecular flexibility index (Phi) is 5.57. The number of ether oxygens (including phenoxy) is 2. The van der Waals surface area contributed by atoms with Gasteiger partial charge in [0.05, 0.1) is 20.3 Å². The molecule has 160 valence electrons. The van der Waals surface area contributed by atoms with Crippen LogP contribution < -0.4 is 20.1 Å². The molecule has 0 saturated carbocycles. The Balaban J connectivity index is 2.18. The zero-order chi connectivity index (χ0) is 22.1. The second-order valence-corrected chi connectivity index (χ2v) is 6.54. The van der Waals surface area contributed by atoms with Crippen LogP contribution in [0.25, 0.3) is 0 Å². The summed E-state index contributed by atoms with van der Waals surface area (Å²) < 4.78 is 51.9. The molecule has 2 heterocycles. The lowest BCUT2D eigenvalue weighted by molar-refractivity contribution is -0.287. The van der Waals surface area contributed by atoms with Gasteiger partial charge in [0.1, 0.15) is 5.92 Å². The fourth-order valence-electron chi connectivity index (χ4n) is 3.35. The van der Waals surface area contributed by atoms with Gasteiger partial charge in [-0.25, -0.2) is 4.79 Å². The van der Waals surface area contributed by atoms with Crippen LogP contribution in [0, 0.1) is 5.92 Å². The summed E-state index contributed by atoms with van der Waals surface area (Å²) in [6.07, 6.45) is -2.91. The number of nitrogens with zero attached hydrogens (tertiary/aromatic N) is 1. The number of urea groups is 1. The Morgan fingerprint density at radius 1 is 1.20 bits per heavy atom. The van der Waals surface area contributed by atoms with Gasteiger partial charge in [-0.05, 0) is 29.8 Å². The van der Waals surface area contributed by atoms with Crippen molar-refractivity contribution in [1.82, 2.24) is 15.6 Å². The molecule has 0 radical (unpaired) electrons. The molecule has 1 saturated heterocycles. The molecule has 2 amide bonds. The minimum absolute atomic E-state index is 0.104. The number of hydrogen-bond acceptors (Lipinski definition) is 6. The summed E-state index contributed by atoms with van der Waals surface area (Å²) in [7, 11) is 2.70. The van der Waals surface area contributed by atoms with Crippen LogP contribution in [0.15, 0.2) is 42.7 Å². The molecule has 1 fully saturated rings. The summed E-state index contributed by atoms with van der Waals surface area (Å²) in [5, 5.41) is 14.3. The molecule has 3 rings (SSSR count). The van der Waals surface area contributed by atoms with E-state index >= 15 is 0 Å². The normalized spacial score (nSPS) is 23.9. The van der Waals surface area contributed by atoms with Crippen LogP contribution >= 0.6 is 0 Å². The minimum atomic E-state index is -5.35. The van der Waals surface area contributed by atoms with Crippen molar-refractivity contribution in [2.75, 3.05) is 14.2 Å². The Labute approximate surface area is 169 Å². The van der Waals surface area contributed by atoms with Gasteiger partial charge in [-0.15, -0.1) is 0 Å². The predicted molar refractivity (Wildman–Crippen MR) is 97.0 cm³/mol. The van der Waals surface area contributed by atoms with Crippen LogP contribution in [0.3, 0.4) is 0 Å².